The fraction of sp³-hybridized carbons (Fsp3) is 0.412. The fourth-order valence-corrected chi connectivity index (χ4v) is 4.65. The molecular weight excluding hydrogens is 560 g/mol. The van der Waals surface area contributed by atoms with Gasteiger partial charge in [-0.2, -0.15) is 0 Å². The van der Waals surface area contributed by atoms with E-state index >= 15 is 0 Å². The SMILES string of the molecule is C=CCN(CC=C)[C@@H](Cc1ccccc1)C(=O)CC(C)(N)C(=O)OOC(=O)[C@H](CC(C)C)NC(=O)[C@@H](N)Cc1ccccc1. The number of ketones is 1. The van der Waals surface area contributed by atoms with E-state index in [0.717, 1.165) is 11.1 Å². The Hall–Kier alpha value is -4.12. The minimum absolute atomic E-state index is 0.0121. The molecule has 10 nitrogen and oxygen atoms in total. The third-order valence-corrected chi connectivity index (χ3v) is 6.96. The van der Waals surface area contributed by atoms with Crippen molar-refractivity contribution in [3.63, 3.8) is 0 Å². The lowest BCUT2D eigenvalue weighted by molar-refractivity contribution is -0.264. The van der Waals surface area contributed by atoms with Crippen LogP contribution in [0.25, 0.3) is 0 Å². The molecule has 1 amide bonds. The number of hydrogen-bond acceptors (Lipinski definition) is 9. The van der Waals surface area contributed by atoms with Gasteiger partial charge in [0.15, 0.2) is 5.78 Å². The van der Waals surface area contributed by atoms with E-state index in [2.05, 4.69) is 18.5 Å². The summed E-state index contributed by atoms with van der Waals surface area (Å²) in [5, 5.41) is 2.60. The van der Waals surface area contributed by atoms with Crippen LogP contribution in [0.1, 0.15) is 44.7 Å². The van der Waals surface area contributed by atoms with Crippen molar-refractivity contribution in [1.29, 1.82) is 0 Å². The van der Waals surface area contributed by atoms with Crippen molar-refractivity contribution >= 4 is 23.6 Å². The van der Waals surface area contributed by atoms with Crippen LogP contribution in [0.15, 0.2) is 86.0 Å². The number of amides is 1. The molecule has 0 fully saturated rings. The first-order chi connectivity index (χ1) is 20.9. The summed E-state index contributed by atoms with van der Waals surface area (Å²) >= 11 is 0. The molecule has 0 radical (unpaired) electrons. The zero-order chi connectivity index (χ0) is 32.7. The molecule has 2 aromatic rings. The predicted molar refractivity (Wildman–Crippen MR) is 170 cm³/mol. The quantitative estimate of drug-likeness (QED) is 0.132. The maximum Gasteiger partial charge on any atom is 0.377 e. The molecular formula is C34H46N4O6. The second-order valence-electron chi connectivity index (χ2n) is 11.6. The molecule has 0 saturated heterocycles. The molecule has 238 valence electrons. The van der Waals surface area contributed by atoms with E-state index in [1.807, 2.05) is 79.4 Å². The second-order valence-corrected chi connectivity index (χ2v) is 11.6. The van der Waals surface area contributed by atoms with Crippen LogP contribution in [0, 0.1) is 5.92 Å². The Bertz CT molecular complexity index is 1240. The van der Waals surface area contributed by atoms with Crippen molar-refractivity contribution in [2.24, 2.45) is 17.4 Å². The number of carbonyl (C=O) groups is 4. The predicted octanol–water partition coefficient (Wildman–Crippen LogP) is 3.05. The van der Waals surface area contributed by atoms with Gasteiger partial charge >= 0.3 is 11.9 Å². The zero-order valence-electron chi connectivity index (χ0n) is 25.9. The summed E-state index contributed by atoms with van der Waals surface area (Å²) in [6.45, 7) is 13.5. The molecule has 4 atom stereocenters. The van der Waals surface area contributed by atoms with E-state index in [1.165, 1.54) is 6.92 Å². The third-order valence-electron chi connectivity index (χ3n) is 6.96. The molecule has 0 aromatic heterocycles. The lowest BCUT2D eigenvalue weighted by Gasteiger charge is -2.31. The summed E-state index contributed by atoms with van der Waals surface area (Å²) < 4.78 is 0. The fourth-order valence-electron chi connectivity index (χ4n) is 4.65. The molecule has 0 aliphatic heterocycles. The molecule has 0 saturated carbocycles. The molecule has 44 heavy (non-hydrogen) atoms. The van der Waals surface area contributed by atoms with Gasteiger partial charge in [0.2, 0.25) is 5.91 Å². The summed E-state index contributed by atoms with van der Waals surface area (Å²) in [6.07, 6.45) is 3.85. The van der Waals surface area contributed by atoms with Gasteiger partial charge in [0.1, 0.15) is 11.6 Å². The molecule has 0 aliphatic rings. The first kappa shape index (κ1) is 36.1. The number of Topliss-reactive ketones (excluding diaryl/α,β-unsaturated/α-hetero) is 1. The summed E-state index contributed by atoms with van der Waals surface area (Å²) in [6, 6.07) is 16.1. The summed E-state index contributed by atoms with van der Waals surface area (Å²) in [4.78, 5) is 63.8. The van der Waals surface area contributed by atoms with Gasteiger partial charge in [-0.15, -0.1) is 13.2 Å². The number of carbonyl (C=O) groups excluding carboxylic acids is 4. The molecule has 2 aromatic carbocycles. The molecule has 1 unspecified atom stereocenters. The second kappa shape index (κ2) is 17.9. The Labute approximate surface area is 260 Å². The van der Waals surface area contributed by atoms with Crippen LogP contribution < -0.4 is 16.8 Å². The van der Waals surface area contributed by atoms with Gasteiger partial charge in [0.05, 0.1) is 12.1 Å². The van der Waals surface area contributed by atoms with Gasteiger partial charge in [-0.1, -0.05) is 86.7 Å². The Morgan fingerprint density at radius 3 is 1.93 bits per heavy atom. The zero-order valence-corrected chi connectivity index (χ0v) is 25.9. The highest BCUT2D eigenvalue weighted by molar-refractivity contribution is 5.92. The van der Waals surface area contributed by atoms with Gasteiger partial charge in [-0.05, 0) is 43.2 Å². The van der Waals surface area contributed by atoms with Crippen molar-refractivity contribution in [1.82, 2.24) is 10.2 Å². The van der Waals surface area contributed by atoms with Crippen molar-refractivity contribution in [2.75, 3.05) is 13.1 Å². The van der Waals surface area contributed by atoms with E-state index in [4.69, 9.17) is 21.2 Å². The van der Waals surface area contributed by atoms with Gasteiger partial charge in [0, 0.05) is 19.5 Å². The van der Waals surface area contributed by atoms with Crippen molar-refractivity contribution in [3.05, 3.63) is 97.1 Å². The smallest absolute Gasteiger partial charge is 0.341 e. The first-order valence-electron chi connectivity index (χ1n) is 14.7. The average molecular weight is 607 g/mol. The van der Waals surface area contributed by atoms with E-state index in [9.17, 15) is 19.2 Å². The normalized spacial score (nSPS) is 14.5. The lowest BCUT2D eigenvalue weighted by atomic mass is 9.90. The van der Waals surface area contributed by atoms with Crippen molar-refractivity contribution in [3.8, 4) is 0 Å². The minimum Gasteiger partial charge on any atom is -0.341 e. The largest absolute Gasteiger partial charge is 0.377 e. The number of nitrogens with one attached hydrogen (secondary N) is 1. The molecule has 5 N–H and O–H groups in total. The summed E-state index contributed by atoms with van der Waals surface area (Å²) in [7, 11) is 0. The lowest BCUT2D eigenvalue weighted by Crippen LogP contribution is -2.53. The van der Waals surface area contributed by atoms with Crippen LogP contribution in [0.4, 0.5) is 0 Å². The Kier molecular flexibility index (Phi) is 14.6. The van der Waals surface area contributed by atoms with Crippen LogP contribution in [0.3, 0.4) is 0 Å². The van der Waals surface area contributed by atoms with Crippen LogP contribution in [-0.4, -0.2) is 65.3 Å². The summed E-state index contributed by atoms with van der Waals surface area (Å²) in [5.74, 6) is -2.96. The molecule has 0 heterocycles. The molecule has 0 bridgehead atoms. The highest BCUT2D eigenvalue weighted by Gasteiger charge is 2.39. The van der Waals surface area contributed by atoms with Crippen LogP contribution in [0.5, 0.6) is 0 Å². The molecule has 0 aliphatic carbocycles. The monoisotopic (exact) mass is 606 g/mol. The first-order valence-corrected chi connectivity index (χ1v) is 14.7. The van der Waals surface area contributed by atoms with Crippen molar-refractivity contribution < 1.29 is 29.0 Å². The number of benzene rings is 2. The van der Waals surface area contributed by atoms with Crippen LogP contribution in [-0.2, 0) is 41.8 Å². The van der Waals surface area contributed by atoms with Gasteiger partial charge in [0.25, 0.3) is 0 Å². The number of nitrogens with two attached hydrogens (primary N) is 2. The third kappa shape index (κ3) is 11.9. The summed E-state index contributed by atoms with van der Waals surface area (Å²) in [5.41, 5.74) is 12.3. The van der Waals surface area contributed by atoms with E-state index in [0.29, 0.717) is 19.5 Å². The Morgan fingerprint density at radius 1 is 0.909 bits per heavy atom. The minimum atomic E-state index is -1.81. The van der Waals surface area contributed by atoms with Crippen molar-refractivity contribution in [2.45, 2.75) is 70.1 Å². The number of hydrogen-bond donors (Lipinski definition) is 3. The highest BCUT2D eigenvalue weighted by Crippen LogP contribution is 2.18. The Balaban J connectivity index is 2.07. The highest BCUT2D eigenvalue weighted by atomic mass is 17.2. The van der Waals surface area contributed by atoms with Gasteiger partial charge in [-0.3, -0.25) is 14.5 Å². The van der Waals surface area contributed by atoms with Gasteiger partial charge < -0.3 is 16.8 Å². The van der Waals surface area contributed by atoms with E-state index in [1.54, 1.807) is 12.2 Å². The topological polar surface area (TPSA) is 154 Å². The van der Waals surface area contributed by atoms with E-state index < -0.39 is 41.5 Å². The number of rotatable bonds is 18. The maximum atomic E-state index is 13.6. The van der Waals surface area contributed by atoms with E-state index in [-0.39, 0.29) is 31.0 Å². The average Bonchev–Trinajstić information content (AvgIpc) is 2.98. The standard InChI is InChI=1S/C34H46N4O6/c1-6-18-38(19-7-2)29(22-26-16-12-9-13-17-26)30(39)23-34(5,36)33(42)44-43-32(41)28(20-24(3)4)37-31(40)27(35)21-25-14-10-8-11-15-25/h6-17,24,27-29H,1-2,18-23,35-36H2,3-5H3,(H,37,40)/t27-,28-,29-,34?/m0/s1. The number of nitrogens with zero attached hydrogens (tertiary/aromatic N) is 1. The van der Waals surface area contributed by atoms with Crippen LogP contribution >= 0.6 is 0 Å². The molecule has 10 heteroatoms. The van der Waals surface area contributed by atoms with Crippen LogP contribution in [0.2, 0.25) is 0 Å². The maximum absolute atomic E-state index is 13.6. The molecule has 0 spiro atoms. The Morgan fingerprint density at radius 2 is 1.43 bits per heavy atom. The molecule has 2 rings (SSSR count). The van der Waals surface area contributed by atoms with Gasteiger partial charge in [-0.25, -0.2) is 19.4 Å².